The molecule has 1 aromatic heterocycles. The average molecular weight is 333 g/mol. The Morgan fingerprint density at radius 2 is 2.19 bits per heavy atom. The predicted octanol–water partition coefficient (Wildman–Crippen LogP) is 1.80. The van der Waals surface area contributed by atoms with Crippen LogP contribution in [0.2, 0.25) is 0 Å². The van der Waals surface area contributed by atoms with Crippen molar-refractivity contribution in [2.24, 2.45) is 5.92 Å². The largest absolute Gasteiger partial charge is 0.477 e. The van der Waals surface area contributed by atoms with Crippen LogP contribution >= 0.6 is 11.3 Å². The van der Waals surface area contributed by atoms with Gasteiger partial charge >= 0.3 is 5.97 Å². The number of carboxylic acid groups (broad SMARTS) is 1. The van der Waals surface area contributed by atoms with Gasteiger partial charge in [0, 0.05) is 20.2 Å². The van der Waals surface area contributed by atoms with Crippen LogP contribution in [-0.4, -0.2) is 50.1 Å². The number of ether oxygens (including phenoxy) is 1. The maximum atomic E-state index is 12.6. The molecule has 1 aromatic rings. The summed E-state index contributed by atoms with van der Waals surface area (Å²) in [6.45, 7) is 4.38. The first-order chi connectivity index (χ1) is 9.77. The second kappa shape index (κ2) is 6.04. The Morgan fingerprint density at radius 3 is 2.71 bits per heavy atom. The van der Waals surface area contributed by atoms with Crippen LogP contribution in [0, 0.1) is 12.8 Å². The van der Waals surface area contributed by atoms with Crippen molar-refractivity contribution in [3.8, 4) is 0 Å². The smallest absolute Gasteiger partial charge is 0.346 e. The predicted molar refractivity (Wildman–Crippen MR) is 79.4 cm³/mol. The van der Waals surface area contributed by atoms with Gasteiger partial charge in [-0.05, 0) is 30.9 Å². The molecule has 2 rings (SSSR count). The zero-order valence-corrected chi connectivity index (χ0v) is 13.8. The molecule has 0 aromatic carbocycles. The fraction of sp³-hybridized carbons (Fsp3) is 0.615. The van der Waals surface area contributed by atoms with Crippen molar-refractivity contribution in [2.75, 3.05) is 20.2 Å². The van der Waals surface area contributed by atoms with Gasteiger partial charge in [0.15, 0.2) is 0 Å². The number of aryl methyl sites for hydroxylation is 1. The maximum Gasteiger partial charge on any atom is 0.346 e. The molecule has 2 atom stereocenters. The molecule has 1 fully saturated rings. The van der Waals surface area contributed by atoms with Crippen molar-refractivity contribution in [2.45, 2.75) is 30.6 Å². The Balaban J connectivity index is 2.30. The van der Waals surface area contributed by atoms with Crippen LogP contribution in [0.25, 0.3) is 0 Å². The van der Waals surface area contributed by atoms with Gasteiger partial charge in [0.1, 0.15) is 9.09 Å². The minimum atomic E-state index is -3.66. The summed E-state index contributed by atoms with van der Waals surface area (Å²) in [5, 5.41) is 9.05. The van der Waals surface area contributed by atoms with Crippen molar-refractivity contribution in [1.29, 1.82) is 0 Å². The second-order valence-corrected chi connectivity index (χ2v) is 8.50. The van der Waals surface area contributed by atoms with E-state index in [0.29, 0.717) is 24.6 Å². The summed E-state index contributed by atoms with van der Waals surface area (Å²) in [5.74, 6) is -0.790. The van der Waals surface area contributed by atoms with Gasteiger partial charge in [0.2, 0.25) is 0 Å². The number of sulfonamides is 1. The number of hydrogen-bond acceptors (Lipinski definition) is 5. The lowest BCUT2D eigenvalue weighted by atomic mass is 9.97. The molecule has 1 aliphatic heterocycles. The van der Waals surface area contributed by atoms with Crippen molar-refractivity contribution in [3.63, 3.8) is 0 Å². The summed E-state index contributed by atoms with van der Waals surface area (Å²) in [4.78, 5) is 11.1. The number of rotatable bonds is 4. The third-order valence-electron chi connectivity index (χ3n) is 3.84. The monoisotopic (exact) mass is 333 g/mol. The van der Waals surface area contributed by atoms with E-state index >= 15 is 0 Å². The van der Waals surface area contributed by atoms with E-state index in [-0.39, 0.29) is 15.2 Å². The SMILES string of the molecule is COC1CN(S(=O)(=O)c2cc(C)c(C(=O)O)s2)CCC1C. The molecular weight excluding hydrogens is 314 g/mol. The Hall–Kier alpha value is -0.960. The van der Waals surface area contributed by atoms with Gasteiger partial charge in [-0.3, -0.25) is 0 Å². The minimum Gasteiger partial charge on any atom is -0.477 e. The van der Waals surface area contributed by atoms with E-state index < -0.39 is 16.0 Å². The van der Waals surface area contributed by atoms with Crippen molar-refractivity contribution >= 4 is 27.3 Å². The standard InChI is InChI=1S/C13H19NO5S2/c1-8-4-5-14(7-10(8)19-3)21(17,18)11-6-9(2)12(20-11)13(15)16/h6,8,10H,4-5,7H2,1-3H3,(H,15,16). The van der Waals surface area contributed by atoms with Crippen LogP contribution in [0.15, 0.2) is 10.3 Å². The zero-order valence-electron chi connectivity index (χ0n) is 12.2. The van der Waals surface area contributed by atoms with Crippen molar-refractivity contribution in [3.05, 3.63) is 16.5 Å². The van der Waals surface area contributed by atoms with E-state index in [4.69, 9.17) is 9.84 Å². The molecule has 2 unspecified atom stereocenters. The molecule has 1 aliphatic rings. The molecule has 8 heteroatoms. The van der Waals surface area contributed by atoms with Crippen LogP contribution in [0.4, 0.5) is 0 Å². The molecule has 1 saturated heterocycles. The van der Waals surface area contributed by atoms with Gasteiger partial charge in [-0.25, -0.2) is 13.2 Å². The molecule has 118 valence electrons. The highest BCUT2D eigenvalue weighted by Gasteiger charge is 2.35. The Morgan fingerprint density at radius 1 is 1.52 bits per heavy atom. The molecule has 0 radical (unpaired) electrons. The molecule has 1 N–H and O–H groups in total. The third kappa shape index (κ3) is 3.13. The van der Waals surface area contributed by atoms with Crippen molar-refractivity contribution < 1.29 is 23.1 Å². The summed E-state index contributed by atoms with van der Waals surface area (Å²) in [7, 11) is -2.08. The van der Waals surface area contributed by atoms with Crippen LogP contribution in [0.3, 0.4) is 0 Å². The number of thiophene rings is 1. The lowest BCUT2D eigenvalue weighted by Gasteiger charge is -2.35. The molecule has 0 spiro atoms. The molecule has 0 amide bonds. The Labute approximate surface area is 128 Å². The number of aromatic carboxylic acids is 1. The van der Waals surface area contributed by atoms with E-state index in [1.807, 2.05) is 6.92 Å². The maximum absolute atomic E-state index is 12.6. The first-order valence-corrected chi connectivity index (χ1v) is 8.89. The first-order valence-electron chi connectivity index (χ1n) is 6.64. The number of carboxylic acids is 1. The highest BCUT2D eigenvalue weighted by atomic mass is 32.2. The summed E-state index contributed by atoms with van der Waals surface area (Å²) in [6, 6.07) is 1.43. The van der Waals surface area contributed by atoms with Crippen LogP contribution in [-0.2, 0) is 14.8 Å². The lowest BCUT2D eigenvalue weighted by Crippen LogP contribution is -2.46. The van der Waals surface area contributed by atoms with Gasteiger partial charge in [0.05, 0.1) is 6.10 Å². The van der Waals surface area contributed by atoms with Crippen LogP contribution in [0.5, 0.6) is 0 Å². The highest BCUT2D eigenvalue weighted by molar-refractivity contribution is 7.91. The van der Waals surface area contributed by atoms with Gasteiger partial charge < -0.3 is 9.84 Å². The highest BCUT2D eigenvalue weighted by Crippen LogP contribution is 2.31. The number of piperidine rings is 1. The molecule has 6 nitrogen and oxygen atoms in total. The summed E-state index contributed by atoms with van der Waals surface area (Å²) >= 11 is 0.808. The molecular formula is C13H19NO5S2. The molecule has 0 bridgehead atoms. The van der Waals surface area contributed by atoms with Crippen molar-refractivity contribution in [1.82, 2.24) is 4.31 Å². The number of nitrogens with zero attached hydrogens (tertiary/aromatic N) is 1. The fourth-order valence-corrected chi connectivity index (χ4v) is 5.45. The van der Waals surface area contributed by atoms with Crippen LogP contribution < -0.4 is 0 Å². The summed E-state index contributed by atoms with van der Waals surface area (Å²) in [5.41, 5.74) is 0.472. The summed E-state index contributed by atoms with van der Waals surface area (Å²) in [6.07, 6.45) is 0.599. The quantitative estimate of drug-likeness (QED) is 0.908. The van der Waals surface area contributed by atoms with E-state index in [2.05, 4.69) is 0 Å². The fourth-order valence-electron chi connectivity index (χ4n) is 2.45. The molecule has 0 saturated carbocycles. The second-order valence-electron chi connectivity index (χ2n) is 5.29. The normalized spacial score (nSPS) is 24.1. The average Bonchev–Trinajstić information content (AvgIpc) is 2.82. The Kier molecular flexibility index (Phi) is 4.72. The number of methoxy groups -OCH3 is 1. The van der Waals surface area contributed by atoms with Gasteiger partial charge in [-0.2, -0.15) is 4.31 Å². The molecule has 21 heavy (non-hydrogen) atoms. The van der Waals surface area contributed by atoms with E-state index in [1.165, 1.54) is 10.4 Å². The van der Waals surface area contributed by atoms with E-state index in [9.17, 15) is 13.2 Å². The van der Waals surface area contributed by atoms with Gasteiger partial charge in [-0.1, -0.05) is 6.92 Å². The van der Waals surface area contributed by atoms with E-state index in [1.54, 1.807) is 14.0 Å². The lowest BCUT2D eigenvalue weighted by molar-refractivity contribution is 0.0184. The topological polar surface area (TPSA) is 83.9 Å². The minimum absolute atomic E-state index is 0.0715. The number of hydrogen-bond donors (Lipinski definition) is 1. The van der Waals surface area contributed by atoms with Gasteiger partial charge in [0.25, 0.3) is 10.0 Å². The van der Waals surface area contributed by atoms with E-state index in [0.717, 1.165) is 17.8 Å². The van der Waals surface area contributed by atoms with Gasteiger partial charge in [-0.15, -0.1) is 11.3 Å². The van der Waals surface area contributed by atoms with Crippen LogP contribution in [0.1, 0.15) is 28.6 Å². The zero-order chi connectivity index (χ0) is 15.8. The molecule has 2 heterocycles. The third-order valence-corrected chi connectivity index (χ3v) is 7.38. The summed E-state index contributed by atoms with van der Waals surface area (Å²) < 4.78 is 32.1. The molecule has 0 aliphatic carbocycles. The first kappa shape index (κ1) is 16.4. The Bertz CT molecular complexity index is 637. The number of carbonyl (C=O) groups is 1.